The predicted molar refractivity (Wildman–Crippen MR) is 85.8 cm³/mol. The second kappa shape index (κ2) is 8.64. The van der Waals surface area contributed by atoms with Crippen LogP contribution < -0.4 is 16.0 Å². The first-order chi connectivity index (χ1) is 11.1. The first-order valence-electron chi connectivity index (χ1n) is 7.99. The molecule has 0 aromatic rings. The van der Waals surface area contributed by atoms with Crippen molar-refractivity contribution in [1.29, 1.82) is 0 Å². The van der Waals surface area contributed by atoms with Gasteiger partial charge < -0.3 is 10.6 Å². The van der Waals surface area contributed by atoms with Crippen LogP contribution in [0.25, 0.3) is 0 Å². The molecule has 0 radical (unpaired) electrons. The zero-order chi connectivity index (χ0) is 16.7. The zero-order valence-corrected chi connectivity index (χ0v) is 13.3. The van der Waals surface area contributed by atoms with Crippen molar-refractivity contribution in [3.63, 3.8) is 0 Å². The van der Waals surface area contributed by atoms with Crippen LogP contribution >= 0.6 is 0 Å². The summed E-state index contributed by atoms with van der Waals surface area (Å²) in [5.74, 6) is -0.312. The topological polar surface area (TPSA) is 93.8 Å². The molecule has 2 fully saturated rings. The lowest BCUT2D eigenvalue weighted by molar-refractivity contribution is -0.124. The molecule has 1 aliphatic carbocycles. The second-order valence-corrected chi connectivity index (χ2v) is 5.94. The molecule has 2 aliphatic rings. The van der Waals surface area contributed by atoms with Gasteiger partial charge in [0, 0.05) is 38.8 Å². The number of imide groups is 1. The van der Waals surface area contributed by atoms with Crippen LogP contribution in [-0.4, -0.2) is 79.5 Å². The van der Waals surface area contributed by atoms with Crippen molar-refractivity contribution in [2.75, 3.05) is 45.8 Å². The largest absolute Gasteiger partial charge is 0.352 e. The van der Waals surface area contributed by atoms with E-state index in [-0.39, 0.29) is 24.4 Å². The maximum absolute atomic E-state index is 11.8. The van der Waals surface area contributed by atoms with Gasteiger partial charge in [-0.2, -0.15) is 0 Å². The van der Waals surface area contributed by atoms with Gasteiger partial charge in [-0.15, -0.1) is 6.58 Å². The number of hydrogen-bond donors (Lipinski definition) is 3. The summed E-state index contributed by atoms with van der Waals surface area (Å²) >= 11 is 0. The van der Waals surface area contributed by atoms with Gasteiger partial charge in [0.15, 0.2) is 0 Å². The van der Waals surface area contributed by atoms with Gasteiger partial charge in [-0.25, -0.2) is 4.79 Å². The average molecular weight is 323 g/mol. The van der Waals surface area contributed by atoms with Gasteiger partial charge in [0.2, 0.25) is 11.8 Å². The molecule has 0 unspecified atom stereocenters. The number of hydrogen-bond acceptors (Lipinski definition) is 5. The van der Waals surface area contributed by atoms with Crippen LogP contribution in [0.5, 0.6) is 0 Å². The molecule has 0 bridgehead atoms. The Kier molecular flexibility index (Phi) is 6.54. The summed E-state index contributed by atoms with van der Waals surface area (Å²) in [6.45, 7) is 7.44. The van der Waals surface area contributed by atoms with Crippen LogP contribution in [0.4, 0.5) is 4.79 Å². The van der Waals surface area contributed by atoms with Crippen molar-refractivity contribution in [3.8, 4) is 0 Å². The van der Waals surface area contributed by atoms with Gasteiger partial charge in [-0.3, -0.25) is 24.7 Å². The number of carbonyl (C=O) groups is 3. The van der Waals surface area contributed by atoms with Gasteiger partial charge in [-0.1, -0.05) is 6.08 Å². The highest BCUT2D eigenvalue weighted by Crippen LogP contribution is 2.18. The second-order valence-electron chi connectivity index (χ2n) is 5.94. The summed E-state index contributed by atoms with van der Waals surface area (Å²) in [6, 6.07) is -0.173. The maximum Gasteiger partial charge on any atom is 0.321 e. The molecule has 0 aromatic heterocycles. The maximum atomic E-state index is 11.8. The fourth-order valence-corrected chi connectivity index (χ4v) is 2.37. The molecule has 128 valence electrons. The Labute approximate surface area is 136 Å². The van der Waals surface area contributed by atoms with Crippen LogP contribution in [0.2, 0.25) is 0 Å². The molecule has 8 nitrogen and oxygen atoms in total. The Morgan fingerprint density at radius 3 is 2.09 bits per heavy atom. The van der Waals surface area contributed by atoms with Crippen LogP contribution in [0.1, 0.15) is 12.8 Å². The minimum absolute atomic E-state index is 0.0205. The van der Waals surface area contributed by atoms with E-state index in [0.29, 0.717) is 26.2 Å². The highest BCUT2D eigenvalue weighted by atomic mass is 16.2. The first kappa shape index (κ1) is 17.4. The van der Waals surface area contributed by atoms with E-state index in [1.165, 1.54) is 0 Å². The predicted octanol–water partition coefficient (Wildman–Crippen LogP) is -1.11. The summed E-state index contributed by atoms with van der Waals surface area (Å²) in [4.78, 5) is 38.9. The highest BCUT2D eigenvalue weighted by Gasteiger charge is 2.25. The SMILES string of the molecule is C=CCNC(=O)CN1CCN(CC(=O)NC(=O)NC2CC2)CC1. The van der Waals surface area contributed by atoms with Crippen molar-refractivity contribution in [2.24, 2.45) is 0 Å². The quantitative estimate of drug-likeness (QED) is 0.517. The van der Waals surface area contributed by atoms with E-state index >= 15 is 0 Å². The zero-order valence-electron chi connectivity index (χ0n) is 13.3. The molecule has 0 spiro atoms. The molecular formula is C15H25N5O3. The Morgan fingerprint density at radius 1 is 1.00 bits per heavy atom. The molecule has 23 heavy (non-hydrogen) atoms. The Bertz CT molecular complexity index is 456. The third kappa shape index (κ3) is 6.79. The summed E-state index contributed by atoms with van der Waals surface area (Å²) in [5.41, 5.74) is 0. The highest BCUT2D eigenvalue weighted by molar-refractivity contribution is 5.95. The number of rotatable bonds is 7. The van der Waals surface area contributed by atoms with E-state index in [1.807, 2.05) is 9.80 Å². The van der Waals surface area contributed by atoms with Crippen molar-refractivity contribution >= 4 is 17.8 Å². The van der Waals surface area contributed by atoms with Crippen LogP contribution in [0.15, 0.2) is 12.7 Å². The lowest BCUT2D eigenvalue weighted by Crippen LogP contribution is -2.52. The van der Waals surface area contributed by atoms with E-state index in [9.17, 15) is 14.4 Å². The van der Waals surface area contributed by atoms with E-state index in [4.69, 9.17) is 0 Å². The molecule has 3 N–H and O–H groups in total. The molecule has 0 atom stereocenters. The lowest BCUT2D eigenvalue weighted by atomic mass is 10.3. The molecule has 2 rings (SSSR count). The number of nitrogens with one attached hydrogen (secondary N) is 3. The molecule has 0 aromatic carbocycles. The van der Waals surface area contributed by atoms with Crippen LogP contribution in [-0.2, 0) is 9.59 Å². The molecule has 1 saturated heterocycles. The van der Waals surface area contributed by atoms with Gasteiger partial charge in [-0.05, 0) is 12.8 Å². The molecular weight excluding hydrogens is 298 g/mol. The van der Waals surface area contributed by atoms with Gasteiger partial charge in [0.25, 0.3) is 0 Å². The smallest absolute Gasteiger partial charge is 0.321 e. The Balaban J connectivity index is 1.59. The molecule has 1 saturated carbocycles. The molecule has 1 aliphatic heterocycles. The fourth-order valence-electron chi connectivity index (χ4n) is 2.37. The Hall–Kier alpha value is -1.93. The minimum Gasteiger partial charge on any atom is -0.352 e. The standard InChI is InChI=1S/C15H25N5O3/c1-2-5-16-13(21)10-19-6-8-20(9-7-19)11-14(22)18-15(23)17-12-3-4-12/h2,12H,1,3-11H2,(H,16,21)(H2,17,18,22,23). The van der Waals surface area contributed by atoms with Crippen molar-refractivity contribution in [3.05, 3.63) is 12.7 Å². The van der Waals surface area contributed by atoms with Crippen molar-refractivity contribution in [2.45, 2.75) is 18.9 Å². The number of piperazine rings is 1. The Morgan fingerprint density at radius 2 is 1.57 bits per heavy atom. The normalized spacial score (nSPS) is 19.0. The summed E-state index contributed by atoms with van der Waals surface area (Å²) in [5, 5.41) is 7.81. The lowest BCUT2D eigenvalue weighted by Gasteiger charge is -2.33. The molecule has 4 amide bonds. The molecule has 1 heterocycles. The van der Waals surface area contributed by atoms with Crippen molar-refractivity contribution in [1.82, 2.24) is 25.8 Å². The first-order valence-corrected chi connectivity index (χ1v) is 7.99. The average Bonchev–Trinajstić information content (AvgIpc) is 3.30. The van der Waals surface area contributed by atoms with E-state index in [0.717, 1.165) is 25.9 Å². The number of urea groups is 1. The number of amides is 4. The summed E-state index contributed by atoms with van der Waals surface area (Å²) in [7, 11) is 0. The van der Waals surface area contributed by atoms with Crippen LogP contribution in [0, 0.1) is 0 Å². The van der Waals surface area contributed by atoms with E-state index in [1.54, 1.807) is 6.08 Å². The summed E-state index contributed by atoms with van der Waals surface area (Å²) in [6.07, 6.45) is 3.63. The number of carbonyl (C=O) groups excluding carboxylic acids is 3. The molecule has 8 heteroatoms. The van der Waals surface area contributed by atoms with Gasteiger partial charge >= 0.3 is 6.03 Å². The van der Waals surface area contributed by atoms with Gasteiger partial charge in [0.1, 0.15) is 0 Å². The number of nitrogens with zero attached hydrogens (tertiary/aromatic N) is 2. The third-order valence-electron chi connectivity index (χ3n) is 3.81. The third-order valence-corrected chi connectivity index (χ3v) is 3.81. The summed E-state index contributed by atoms with van der Waals surface area (Å²) < 4.78 is 0. The minimum atomic E-state index is -0.407. The van der Waals surface area contributed by atoms with Crippen LogP contribution in [0.3, 0.4) is 0 Å². The fraction of sp³-hybridized carbons (Fsp3) is 0.667. The van der Waals surface area contributed by atoms with E-state index < -0.39 is 6.03 Å². The van der Waals surface area contributed by atoms with Crippen molar-refractivity contribution < 1.29 is 14.4 Å². The van der Waals surface area contributed by atoms with Gasteiger partial charge in [0.05, 0.1) is 13.1 Å². The van der Waals surface area contributed by atoms with E-state index in [2.05, 4.69) is 22.5 Å². The monoisotopic (exact) mass is 323 g/mol.